The Morgan fingerprint density at radius 3 is 2.52 bits per heavy atom. The summed E-state index contributed by atoms with van der Waals surface area (Å²) in [5.74, 6) is -1.62. The van der Waals surface area contributed by atoms with Crippen LogP contribution in [-0.4, -0.2) is 47.7 Å². The molecule has 128 valence electrons. The van der Waals surface area contributed by atoms with Gasteiger partial charge in [0.2, 0.25) is 0 Å². The van der Waals surface area contributed by atoms with Gasteiger partial charge in [-0.3, -0.25) is 19.5 Å². The molecule has 0 bridgehead atoms. The first-order chi connectivity index (χ1) is 11.8. The SMILES string of the molecule is CC1=C(C#N)C(=O)N(C2CCS(=O)(=O)C2)C(=O)C1=Cc1ccncc1. The molecule has 0 aromatic carbocycles. The van der Waals surface area contributed by atoms with E-state index >= 15 is 0 Å². The molecular formula is C17H15N3O4S. The van der Waals surface area contributed by atoms with E-state index in [1.807, 2.05) is 6.07 Å². The number of pyridine rings is 1. The van der Waals surface area contributed by atoms with Crippen LogP contribution in [-0.2, 0) is 19.4 Å². The van der Waals surface area contributed by atoms with Crippen molar-refractivity contribution in [2.24, 2.45) is 0 Å². The Labute approximate surface area is 145 Å². The second kappa shape index (κ2) is 6.26. The number of aromatic nitrogens is 1. The molecule has 2 aliphatic rings. The topological polar surface area (TPSA) is 108 Å². The average Bonchev–Trinajstić information content (AvgIpc) is 2.92. The molecular weight excluding hydrogens is 342 g/mol. The minimum atomic E-state index is -3.28. The van der Waals surface area contributed by atoms with Gasteiger partial charge in [-0.2, -0.15) is 5.26 Å². The lowest BCUT2D eigenvalue weighted by Crippen LogP contribution is -2.49. The molecule has 8 heteroatoms. The molecule has 0 spiro atoms. The summed E-state index contributed by atoms with van der Waals surface area (Å²) < 4.78 is 23.5. The van der Waals surface area contributed by atoms with Crippen LogP contribution in [0.5, 0.6) is 0 Å². The van der Waals surface area contributed by atoms with Crippen LogP contribution >= 0.6 is 0 Å². The number of carbonyl (C=O) groups is 2. The third kappa shape index (κ3) is 3.10. The van der Waals surface area contributed by atoms with E-state index in [4.69, 9.17) is 0 Å². The van der Waals surface area contributed by atoms with E-state index in [-0.39, 0.29) is 29.1 Å². The maximum atomic E-state index is 12.9. The van der Waals surface area contributed by atoms with Gasteiger partial charge in [0.1, 0.15) is 11.6 Å². The molecule has 1 aromatic rings. The van der Waals surface area contributed by atoms with Gasteiger partial charge < -0.3 is 0 Å². The number of rotatable bonds is 2. The summed E-state index contributed by atoms with van der Waals surface area (Å²) >= 11 is 0. The Morgan fingerprint density at radius 2 is 1.96 bits per heavy atom. The number of hydrogen-bond acceptors (Lipinski definition) is 6. The van der Waals surface area contributed by atoms with Crippen molar-refractivity contribution in [1.82, 2.24) is 9.88 Å². The van der Waals surface area contributed by atoms with Crippen LogP contribution in [0.15, 0.2) is 41.2 Å². The second-order valence-electron chi connectivity index (χ2n) is 5.99. The molecule has 0 N–H and O–H groups in total. The molecule has 25 heavy (non-hydrogen) atoms. The van der Waals surface area contributed by atoms with E-state index in [2.05, 4.69) is 4.98 Å². The van der Waals surface area contributed by atoms with Crippen LogP contribution in [0.1, 0.15) is 18.9 Å². The zero-order valence-corrected chi connectivity index (χ0v) is 14.3. The van der Waals surface area contributed by atoms with Gasteiger partial charge in [-0.15, -0.1) is 0 Å². The first-order valence-corrected chi connectivity index (χ1v) is 9.47. The van der Waals surface area contributed by atoms with Crippen LogP contribution in [0.3, 0.4) is 0 Å². The van der Waals surface area contributed by atoms with Gasteiger partial charge in [-0.1, -0.05) is 0 Å². The molecule has 3 heterocycles. The Hall–Kier alpha value is -2.79. The number of carbonyl (C=O) groups excluding carboxylic acids is 2. The minimum absolute atomic E-state index is 0.0668. The predicted octanol–water partition coefficient (Wildman–Crippen LogP) is 0.861. The van der Waals surface area contributed by atoms with E-state index in [9.17, 15) is 23.3 Å². The maximum absolute atomic E-state index is 12.9. The third-order valence-electron chi connectivity index (χ3n) is 4.36. The highest BCUT2D eigenvalue weighted by Crippen LogP contribution is 2.30. The first-order valence-electron chi connectivity index (χ1n) is 7.65. The van der Waals surface area contributed by atoms with Crippen molar-refractivity contribution < 1.29 is 18.0 Å². The fourth-order valence-corrected chi connectivity index (χ4v) is 4.74. The summed E-state index contributed by atoms with van der Waals surface area (Å²) in [6.45, 7) is 1.55. The maximum Gasteiger partial charge on any atom is 0.271 e. The van der Waals surface area contributed by atoms with Crippen molar-refractivity contribution in [3.8, 4) is 6.07 Å². The molecule has 2 aliphatic heterocycles. The molecule has 3 rings (SSSR count). The average molecular weight is 357 g/mol. The molecule has 0 saturated carbocycles. The second-order valence-corrected chi connectivity index (χ2v) is 8.22. The smallest absolute Gasteiger partial charge is 0.270 e. The van der Waals surface area contributed by atoms with E-state index in [0.29, 0.717) is 11.1 Å². The summed E-state index contributed by atoms with van der Waals surface area (Å²) in [5, 5.41) is 9.34. The van der Waals surface area contributed by atoms with Crippen LogP contribution in [0, 0.1) is 11.3 Å². The number of amides is 2. The zero-order valence-electron chi connectivity index (χ0n) is 13.5. The summed E-state index contributed by atoms with van der Waals surface area (Å²) in [6.07, 6.45) is 4.91. The molecule has 0 radical (unpaired) electrons. The highest BCUT2D eigenvalue weighted by Gasteiger charge is 2.43. The highest BCUT2D eigenvalue weighted by atomic mass is 32.2. The van der Waals surface area contributed by atoms with E-state index in [0.717, 1.165) is 4.90 Å². The quantitative estimate of drug-likeness (QED) is 0.574. The lowest BCUT2D eigenvalue weighted by Gasteiger charge is -2.31. The predicted molar refractivity (Wildman–Crippen MR) is 89.4 cm³/mol. The van der Waals surface area contributed by atoms with Crippen molar-refractivity contribution in [2.45, 2.75) is 19.4 Å². The van der Waals surface area contributed by atoms with E-state index < -0.39 is 27.7 Å². The molecule has 1 aromatic heterocycles. The van der Waals surface area contributed by atoms with E-state index in [1.165, 1.54) is 0 Å². The summed E-state index contributed by atoms with van der Waals surface area (Å²) in [5.41, 5.74) is 1.07. The van der Waals surface area contributed by atoms with Gasteiger partial charge in [0.15, 0.2) is 9.84 Å². The van der Waals surface area contributed by atoms with Crippen molar-refractivity contribution >= 4 is 27.7 Å². The molecule has 1 atom stereocenters. The normalized spacial score (nSPS) is 24.7. The summed E-state index contributed by atoms with van der Waals surface area (Å²) in [4.78, 5) is 30.3. The first kappa shape index (κ1) is 17.0. The van der Waals surface area contributed by atoms with E-state index in [1.54, 1.807) is 37.5 Å². The lowest BCUT2D eigenvalue weighted by atomic mass is 9.92. The minimum Gasteiger partial charge on any atom is -0.270 e. The number of sulfone groups is 1. The van der Waals surface area contributed by atoms with Crippen molar-refractivity contribution in [2.75, 3.05) is 11.5 Å². The summed E-state index contributed by atoms with van der Waals surface area (Å²) in [6, 6.07) is 4.50. The number of imide groups is 1. The van der Waals surface area contributed by atoms with Gasteiger partial charge in [0.25, 0.3) is 11.8 Å². The number of hydrogen-bond donors (Lipinski definition) is 0. The van der Waals surface area contributed by atoms with Gasteiger partial charge in [-0.05, 0) is 42.7 Å². The van der Waals surface area contributed by atoms with Gasteiger partial charge >= 0.3 is 0 Å². The molecule has 0 aliphatic carbocycles. The molecule has 1 saturated heterocycles. The van der Waals surface area contributed by atoms with Crippen molar-refractivity contribution in [1.29, 1.82) is 5.26 Å². The third-order valence-corrected chi connectivity index (χ3v) is 6.11. The fourth-order valence-electron chi connectivity index (χ4n) is 3.04. The Morgan fingerprint density at radius 1 is 1.28 bits per heavy atom. The van der Waals surface area contributed by atoms with Gasteiger partial charge in [0, 0.05) is 18.0 Å². The fraction of sp³-hybridized carbons (Fsp3) is 0.294. The monoisotopic (exact) mass is 357 g/mol. The Kier molecular flexibility index (Phi) is 4.27. The lowest BCUT2D eigenvalue weighted by molar-refractivity contribution is -0.142. The van der Waals surface area contributed by atoms with Crippen LogP contribution in [0.4, 0.5) is 0 Å². The van der Waals surface area contributed by atoms with Crippen LogP contribution in [0.2, 0.25) is 0 Å². The highest BCUT2D eigenvalue weighted by molar-refractivity contribution is 7.91. The van der Waals surface area contributed by atoms with Crippen LogP contribution < -0.4 is 0 Å². The largest absolute Gasteiger partial charge is 0.271 e. The molecule has 1 unspecified atom stereocenters. The van der Waals surface area contributed by atoms with Crippen LogP contribution in [0.25, 0.3) is 6.08 Å². The summed E-state index contributed by atoms with van der Waals surface area (Å²) in [7, 11) is -3.28. The standard InChI is InChI=1S/C17H15N3O4S/c1-11-14(8-12-2-5-19-6-3-12)16(21)20(17(22)15(11)9-18)13-4-7-25(23,24)10-13/h2-3,5-6,8,13H,4,7,10H2,1H3. The van der Waals surface area contributed by atoms with Crippen molar-refractivity contribution in [3.63, 3.8) is 0 Å². The Bertz CT molecular complexity index is 955. The molecule has 2 amide bonds. The molecule has 7 nitrogen and oxygen atoms in total. The zero-order chi connectivity index (χ0) is 18.2. The number of nitriles is 1. The molecule has 1 fully saturated rings. The Balaban J connectivity index is 2.09. The van der Waals surface area contributed by atoms with Crippen molar-refractivity contribution in [3.05, 3.63) is 46.8 Å². The van der Waals surface area contributed by atoms with Gasteiger partial charge in [-0.25, -0.2) is 8.42 Å². The van der Waals surface area contributed by atoms with Gasteiger partial charge in [0.05, 0.1) is 17.5 Å². The number of nitrogens with zero attached hydrogens (tertiary/aromatic N) is 3.